The van der Waals surface area contributed by atoms with Crippen molar-refractivity contribution >= 4 is 41.0 Å². The van der Waals surface area contributed by atoms with Gasteiger partial charge in [-0.25, -0.2) is 14.5 Å². The molecule has 0 unspecified atom stereocenters. The maximum Gasteiger partial charge on any atom is 0.339 e. The van der Waals surface area contributed by atoms with E-state index >= 15 is 0 Å². The van der Waals surface area contributed by atoms with Crippen LogP contribution in [0, 0.1) is 27.7 Å². The van der Waals surface area contributed by atoms with E-state index in [-0.39, 0.29) is 27.9 Å². The molecule has 57 heavy (non-hydrogen) atoms. The molecular formula is C48H37NO8. The van der Waals surface area contributed by atoms with Gasteiger partial charge >= 0.3 is 11.9 Å². The highest BCUT2D eigenvalue weighted by Crippen LogP contribution is 2.32. The Kier molecular flexibility index (Phi) is 10.6. The summed E-state index contributed by atoms with van der Waals surface area (Å²) in [5, 5.41) is 0. The van der Waals surface area contributed by atoms with Gasteiger partial charge in [-0.05, 0) is 98.5 Å². The number of hydrogen-bond acceptors (Lipinski definition) is 8. The van der Waals surface area contributed by atoms with Crippen molar-refractivity contribution in [3.05, 3.63) is 206 Å². The summed E-state index contributed by atoms with van der Waals surface area (Å²) in [6, 6.07) is 37.6. The van der Waals surface area contributed by atoms with Gasteiger partial charge in [-0.3, -0.25) is 19.2 Å². The molecule has 0 saturated heterocycles. The Balaban J connectivity index is 1.12. The number of benzene rings is 6. The normalized spacial score (nSPS) is 13.1. The SMILES string of the molecule is Cc1ccc(C(=O)[C@@H](OC(=O)c2cccc(N3C(=O)c4ccc(C(=O)O[C@H](C(=O)c5ccc(C)c(C)c5)c5ccccc5)cc4C3=O)c2)c2ccccc2)cc1C. The number of imide groups is 1. The van der Waals surface area contributed by atoms with Crippen LogP contribution in [0.2, 0.25) is 0 Å². The summed E-state index contributed by atoms with van der Waals surface area (Å²) >= 11 is 0. The highest BCUT2D eigenvalue weighted by Gasteiger charge is 2.38. The van der Waals surface area contributed by atoms with Gasteiger partial charge in [-0.2, -0.15) is 0 Å². The van der Waals surface area contributed by atoms with Gasteiger partial charge in [0.05, 0.1) is 27.9 Å². The molecule has 0 aliphatic carbocycles. The number of nitrogens with zero attached hydrogens (tertiary/aromatic N) is 1. The minimum atomic E-state index is -1.27. The predicted octanol–water partition coefficient (Wildman–Crippen LogP) is 9.28. The van der Waals surface area contributed by atoms with Crippen LogP contribution in [0.5, 0.6) is 0 Å². The number of aryl methyl sites for hydroxylation is 4. The number of ketones is 2. The van der Waals surface area contributed by atoms with Gasteiger partial charge in [-0.1, -0.05) is 91.0 Å². The summed E-state index contributed by atoms with van der Waals surface area (Å²) < 4.78 is 11.7. The number of esters is 2. The van der Waals surface area contributed by atoms with Crippen LogP contribution in [0.1, 0.15) is 108 Å². The second-order valence-electron chi connectivity index (χ2n) is 14.0. The molecule has 6 aromatic carbocycles. The predicted molar refractivity (Wildman–Crippen MR) is 214 cm³/mol. The molecule has 9 heteroatoms. The Morgan fingerprint density at radius 3 is 1.39 bits per heavy atom. The van der Waals surface area contributed by atoms with Crippen LogP contribution in [0.25, 0.3) is 0 Å². The van der Waals surface area contributed by atoms with E-state index in [1.165, 1.54) is 42.5 Å². The molecule has 0 N–H and O–H groups in total. The topological polar surface area (TPSA) is 124 Å². The molecule has 6 aromatic rings. The van der Waals surface area contributed by atoms with Crippen molar-refractivity contribution in [1.82, 2.24) is 0 Å². The van der Waals surface area contributed by atoms with Gasteiger partial charge < -0.3 is 9.47 Å². The molecule has 9 nitrogen and oxygen atoms in total. The van der Waals surface area contributed by atoms with Crippen molar-refractivity contribution < 1.29 is 38.2 Å². The summed E-state index contributed by atoms with van der Waals surface area (Å²) in [6.45, 7) is 7.66. The van der Waals surface area contributed by atoms with Gasteiger partial charge in [0.1, 0.15) is 0 Å². The summed E-state index contributed by atoms with van der Waals surface area (Å²) in [4.78, 5) is 83.3. The van der Waals surface area contributed by atoms with Crippen LogP contribution in [0.3, 0.4) is 0 Å². The van der Waals surface area contributed by atoms with Gasteiger partial charge in [-0.15, -0.1) is 0 Å². The molecule has 7 rings (SSSR count). The molecule has 0 aromatic heterocycles. The monoisotopic (exact) mass is 755 g/mol. The summed E-state index contributed by atoms with van der Waals surface area (Å²) in [5.41, 5.74) is 5.58. The lowest BCUT2D eigenvalue weighted by Gasteiger charge is -2.19. The van der Waals surface area contributed by atoms with Crippen molar-refractivity contribution in [2.45, 2.75) is 39.9 Å². The second kappa shape index (κ2) is 15.8. The quantitative estimate of drug-likeness (QED) is 0.0728. The molecule has 2 amide bonds. The summed E-state index contributed by atoms with van der Waals surface area (Å²) in [6.07, 6.45) is -2.54. The highest BCUT2D eigenvalue weighted by atomic mass is 16.6. The zero-order chi connectivity index (χ0) is 40.4. The van der Waals surface area contributed by atoms with Crippen LogP contribution >= 0.6 is 0 Å². The van der Waals surface area contributed by atoms with Gasteiger partial charge in [0.15, 0.2) is 12.2 Å². The van der Waals surface area contributed by atoms with Crippen molar-refractivity contribution in [3.63, 3.8) is 0 Å². The molecule has 0 saturated carbocycles. The molecule has 0 radical (unpaired) electrons. The zero-order valence-electron chi connectivity index (χ0n) is 31.6. The number of carbonyl (C=O) groups is 6. The first kappa shape index (κ1) is 38.0. The second-order valence-corrected chi connectivity index (χ2v) is 14.0. The summed E-state index contributed by atoms with van der Waals surface area (Å²) in [7, 11) is 0. The van der Waals surface area contributed by atoms with E-state index in [4.69, 9.17) is 9.47 Å². The largest absolute Gasteiger partial charge is 0.445 e. The van der Waals surface area contributed by atoms with Crippen LogP contribution in [-0.4, -0.2) is 35.3 Å². The zero-order valence-corrected chi connectivity index (χ0v) is 31.6. The minimum Gasteiger partial charge on any atom is -0.445 e. The molecule has 1 aliphatic heterocycles. The fourth-order valence-electron chi connectivity index (χ4n) is 6.62. The first-order valence-corrected chi connectivity index (χ1v) is 18.3. The fourth-order valence-corrected chi connectivity index (χ4v) is 6.62. The Bertz CT molecular complexity index is 2600. The van der Waals surface area contributed by atoms with Crippen LogP contribution in [-0.2, 0) is 9.47 Å². The van der Waals surface area contributed by atoms with Crippen molar-refractivity contribution in [3.8, 4) is 0 Å². The van der Waals surface area contributed by atoms with E-state index in [0.717, 1.165) is 27.2 Å². The van der Waals surface area contributed by atoms with Crippen molar-refractivity contribution in [2.24, 2.45) is 0 Å². The maximum atomic E-state index is 13.9. The average Bonchev–Trinajstić information content (AvgIpc) is 3.48. The van der Waals surface area contributed by atoms with E-state index in [1.807, 2.05) is 39.8 Å². The van der Waals surface area contributed by atoms with Crippen LogP contribution < -0.4 is 4.90 Å². The lowest BCUT2D eigenvalue weighted by Crippen LogP contribution is -2.29. The number of rotatable bonds is 11. The first-order chi connectivity index (χ1) is 27.4. The van der Waals surface area contributed by atoms with Gasteiger partial charge in [0.2, 0.25) is 11.6 Å². The van der Waals surface area contributed by atoms with Crippen molar-refractivity contribution in [1.29, 1.82) is 0 Å². The number of Topliss-reactive ketones (excluding diaryl/α,β-unsaturated/α-hetero) is 2. The minimum absolute atomic E-state index is 0.00234. The van der Waals surface area contributed by atoms with E-state index in [1.54, 1.807) is 84.9 Å². The third-order valence-electron chi connectivity index (χ3n) is 10.2. The fraction of sp³-hybridized carbons (Fsp3) is 0.125. The molecule has 2 atom stereocenters. The Labute approximate surface area is 329 Å². The van der Waals surface area contributed by atoms with Crippen LogP contribution in [0.15, 0.2) is 140 Å². The van der Waals surface area contributed by atoms with E-state index in [9.17, 15) is 28.8 Å². The molecule has 0 fully saturated rings. The lowest BCUT2D eigenvalue weighted by molar-refractivity contribution is 0.0278. The molecule has 1 aliphatic rings. The first-order valence-electron chi connectivity index (χ1n) is 18.3. The average molecular weight is 756 g/mol. The molecule has 1 heterocycles. The number of carbonyl (C=O) groups excluding carboxylic acids is 6. The Morgan fingerprint density at radius 1 is 0.439 bits per heavy atom. The molecular weight excluding hydrogens is 719 g/mol. The number of ether oxygens (including phenoxy) is 2. The van der Waals surface area contributed by atoms with Crippen LogP contribution in [0.4, 0.5) is 5.69 Å². The van der Waals surface area contributed by atoms with Crippen molar-refractivity contribution in [2.75, 3.05) is 4.90 Å². The molecule has 282 valence electrons. The molecule has 0 spiro atoms. The number of amides is 2. The molecule has 0 bridgehead atoms. The third-order valence-corrected chi connectivity index (χ3v) is 10.2. The number of hydrogen-bond donors (Lipinski definition) is 0. The maximum absolute atomic E-state index is 13.9. The smallest absolute Gasteiger partial charge is 0.339 e. The number of fused-ring (bicyclic) bond motifs is 1. The van der Waals surface area contributed by atoms with E-state index < -0.39 is 47.5 Å². The summed E-state index contributed by atoms with van der Waals surface area (Å²) in [5.74, 6) is -3.93. The standard InChI is InChI=1S/C48H37NO8/c1-28-18-20-34(24-30(28)3)41(50)43(32-12-7-5-8-13-32)56-47(54)36-16-11-17-38(26-36)49-45(52)39-23-22-37(27-40(39)46(49)53)48(55)57-44(33-14-9-6-10-15-33)42(51)35-21-19-29(2)31(4)25-35/h5-27,43-44H,1-4H3/t43-,44-/m0/s1. The Hall–Kier alpha value is -7.26. The number of anilines is 1. The lowest BCUT2D eigenvalue weighted by atomic mass is 9.97. The van der Waals surface area contributed by atoms with Gasteiger partial charge in [0, 0.05) is 22.3 Å². The van der Waals surface area contributed by atoms with E-state index in [0.29, 0.717) is 22.3 Å². The third kappa shape index (κ3) is 7.68. The Morgan fingerprint density at radius 2 is 0.895 bits per heavy atom. The van der Waals surface area contributed by atoms with Gasteiger partial charge in [0.25, 0.3) is 11.8 Å². The highest BCUT2D eigenvalue weighted by molar-refractivity contribution is 6.34. The van der Waals surface area contributed by atoms with E-state index in [2.05, 4.69) is 0 Å².